The molecule has 5 nitrogen and oxygen atoms in total. The number of anilines is 2. The van der Waals surface area contributed by atoms with Crippen molar-refractivity contribution in [3.05, 3.63) is 45.0 Å². The predicted octanol–water partition coefficient (Wildman–Crippen LogP) is 3.30. The molecule has 0 aliphatic carbocycles. The Morgan fingerprint density at radius 3 is 2.60 bits per heavy atom. The minimum Gasteiger partial charge on any atom is -0.398 e. The van der Waals surface area contributed by atoms with Gasteiger partial charge < -0.3 is 5.73 Å². The van der Waals surface area contributed by atoms with Gasteiger partial charge in [0, 0.05) is 15.1 Å². The van der Waals surface area contributed by atoms with Gasteiger partial charge in [-0.3, -0.25) is 4.72 Å². The molecule has 8 heteroatoms. The van der Waals surface area contributed by atoms with Gasteiger partial charge in [-0.05, 0) is 46.6 Å². The molecule has 0 amide bonds. The zero-order valence-electron chi connectivity index (χ0n) is 10.4. The minimum atomic E-state index is -3.82. The molecule has 0 spiro atoms. The summed E-state index contributed by atoms with van der Waals surface area (Å²) in [5, 5.41) is 0. The first-order chi connectivity index (χ1) is 9.31. The van der Waals surface area contributed by atoms with E-state index in [1.54, 1.807) is 25.1 Å². The summed E-state index contributed by atoms with van der Waals surface area (Å²) < 4.78 is 28.4. The Bertz CT molecular complexity index is 740. The maximum atomic E-state index is 12.4. The Labute approximate surface area is 133 Å². The third kappa shape index (κ3) is 3.13. The summed E-state index contributed by atoms with van der Waals surface area (Å²) >= 11 is 6.47. The van der Waals surface area contributed by atoms with E-state index in [0.29, 0.717) is 8.95 Å². The van der Waals surface area contributed by atoms with E-state index in [4.69, 9.17) is 5.73 Å². The first kappa shape index (κ1) is 15.3. The fraction of sp³-hybridized carbons (Fsp3) is 0.0833. The summed E-state index contributed by atoms with van der Waals surface area (Å²) in [6.45, 7) is 1.77. The monoisotopic (exact) mass is 419 g/mol. The molecule has 2 rings (SSSR count). The van der Waals surface area contributed by atoms with E-state index in [9.17, 15) is 8.42 Å². The maximum absolute atomic E-state index is 12.4. The van der Waals surface area contributed by atoms with E-state index in [-0.39, 0.29) is 16.4 Å². The molecule has 3 N–H and O–H groups in total. The number of nitrogen functional groups attached to an aromatic ring is 1. The number of aromatic nitrogens is 1. The molecule has 20 heavy (non-hydrogen) atoms. The third-order valence-electron chi connectivity index (χ3n) is 2.55. The molecule has 1 aromatic carbocycles. The molecule has 0 unspecified atom stereocenters. The molecular weight excluding hydrogens is 410 g/mol. The highest BCUT2D eigenvalue weighted by atomic mass is 79.9. The van der Waals surface area contributed by atoms with Crippen LogP contribution in [-0.2, 0) is 10.0 Å². The lowest BCUT2D eigenvalue weighted by Gasteiger charge is -2.13. The number of nitrogens with one attached hydrogen (secondary N) is 1. The quantitative estimate of drug-likeness (QED) is 0.746. The molecule has 0 bridgehead atoms. The van der Waals surface area contributed by atoms with E-state index < -0.39 is 10.0 Å². The number of hydrogen-bond donors (Lipinski definition) is 2. The van der Waals surface area contributed by atoms with Crippen molar-refractivity contribution in [2.24, 2.45) is 0 Å². The second-order valence-corrected chi connectivity index (χ2v) is 7.47. The van der Waals surface area contributed by atoms with Gasteiger partial charge in [-0.15, -0.1) is 0 Å². The van der Waals surface area contributed by atoms with Gasteiger partial charge in [0.15, 0.2) is 0 Å². The van der Waals surface area contributed by atoms with Crippen LogP contribution in [0.25, 0.3) is 0 Å². The van der Waals surface area contributed by atoms with Crippen LogP contribution in [0.3, 0.4) is 0 Å². The number of halogens is 2. The summed E-state index contributed by atoms with van der Waals surface area (Å²) in [7, 11) is -3.82. The fourth-order valence-electron chi connectivity index (χ4n) is 1.63. The Morgan fingerprint density at radius 1 is 1.30 bits per heavy atom. The van der Waals surface area contributed by atoms with Gasteiger partial charge in [0.1, 0.15) is 10.7 Å². The third-order valence-corrected chi connectivity index (χ3v) is 5.35. The van der Waals surface area contributed by atoms with Gasteiger partial charge in [-0.2, -0.15) is 0 Å². The number of nitrogens with zero attached hydrogens (tertiary/aromatic N) is 1. The first-order valence-electron chi connectivity index (χ1n) is 5.50. The molecule has 0 saturated carbocycles. The standard InChI is InChI=1S/C12H11Br2N3O2S/c1-7-3-2-4-16-12(7)17-20(18,19)11-9(14)5-8(13)6-10(11)15/h2-6H,15H2,1H3,(H,16,17). The zero-order chi connectivity index (χ0) is 14.9. The number of benzene rings is 1. The van der Waals surface area contributed by atoms with Gasteiger partial charge in [-0.1, -0.05) is 22.0 Å². The van der Waals surface area contributed by atoms with Crippen LogP contribution in [0.1, 0.15) is 5.56 Å². The van der Waals surface area contributed by atoms with Crippen LogP contribution in [0, 0.1) is 6.92 Å². The summed E-state index contributed by atoms with van der Waals surface area (Å²) in [5.41, 5.74) is 6.67. The van der Waals surface area contributed by atoms with E-state index in [1.807, 2.05) is 0 Å². The van der Waals surface area contributed by atoms with Crippen LogP contribution in [-0.4, -0.2) is 13.4 Å². The molecular formula is C12H11Br2N3O2S. The summed E-state index contributed by atoms with van der Waals surface area (Å²) in [6, 6.07) is 6.66. The molecule has 0 aliphatic rings. The molecule has 0 fully saturated rings. The topological polar surface area (TPSA) is 85.1 Å². The van der Waals surface area contributed by atoms with E-state index in [2.05, 4.69) is 41.6 Å². The highest BCUT2D eigenvalue weighted by Crippen LogP contribution is 2.32. The number of rotatable bonds is 3. The van der Waals surface area contributed by atoms with Crippen molar-refractivity contribution in [2.45, 2.75) is 11.8 Å². The second-order valence-electron chi connectivity index (χ2n) is 4.08. The average molecular weight is 421 g/mol. The van der Waals surface area contributed by atoms with Crippen molar-refractivity contribution < 1.29 is 8.42 Å². The molecule has 2 aromatic rings. The van der Waals surface area contributed by atoms with Crippen LogP contribution in [0.2, 0.25) is 0 Å². The van der Waals surface area contributed by atoms with E-state index >= 15 is 0 Å². The summed E-state index contributed by atoms with van der Waals surface area (Å²) in [5.74, 6) is 0.279. The van der Waals surface area contributed by atoms with Crippen LogP contribution in [0.4, 0.5) is 11.5 Å². The number of pyridine rings is 1. The number of hydrogen-bond acceptors (Lipinski definition) is 4. The van der Waals surface area contributed by atoms with Gasteiger partial charge in [0.25, 0.3) is 10.0 Å². The van der Waals surface area contributed by atoms with Crippen LogP contribution < -0.4 is 10.5 Å². The van der Waals surface area contributed by atoms with Crippen molar-refractivity contribution >= 4 is 53.4 Å². The van der Waals surface area contributed by atoms with E-state index in [1.165, 1.54) is 12.3 Å². The number of aryl methyl sites for hydroxylation is 1. The van der Waals surface area contributed by atoms with Crippen LogP contribution >= 0.6 is 31.9 Å². The highest BCUT2D eigenvalue weighted by molar-refractivity contribution is 9.11. The molecule has 1 heterocycles. The maximum Gasteiger partial charge on any atom is 0.266 e. The zero-order valence-corrected chi connectivity index (χ0v) is 14.4. The smallest absolute Gasteiger partial charge is 0.266 e. The molecule has 0 atom stereocenters. The molecule has 1 aromatic heterocycles. The molecule has 0 saturated heterocycles. The molecule has 0 aliphatic heterocycles. The van der Waals surface area contributed by atoms with Crippen LogP contribution in [0.15, 0.2) is 44.3 Å². The SMILES string of the molecule is Cc1cccnc1NS(=O)(=O)c1c(N)cc(Br)cc1Br. The number of nitrogens with two attached hydrogens (primary N) is 1. The number of sulfonamides is 1. The Hall–Kier alpha value is -1.12. The molecule has 106 valence electrons. The highest BCUT2D eigenvalue weighted by Gasteiger charge is 2.22. The Morgan fingerprint density at radius 2 is 2.00 bits per heavy atom. The minimum absolute atomic E-state index is 0.00856. The normalized spacial score (nSPS) is 11.3. The van der Waals surface area contributed by atoms with Gasteiger partial charge in [-0.25, -0.2) is 13.4 Å². The lowest BCUT2D eigenvalue weighted by Crippen LogP contribution is -2.17. The van der Waals surface area contributed by atoms with Crippen molar-refractivity contribution in [1.82, 2.24) is 4.98 Å². The largest absolute Gasteiger partial charge is 0.398 e. The van der Waals surface area contributed by atoms with Gasteiger partial charge >= 0.3 is 0 Å². The Balaban J connectivity index is 2.50. The predicted molar refractivity (Wildman–Crippen MR) is 86.0 cm³/mol. The Kier molecular flexibility index (Phi) is 4.36. The molecule has 0 radical (unpaired) electrons. The van der Waals surface area contributed by atoms with Crippen molar-refractivity contribution in [2.75, 3.05) is 10.5 Å². The lowest BCUT2D eigenvalue weighted by molar-refractivity contribution is 0.601. The average Bonchev–Trinajstić information content (AvgIpc) is 2.30. The van der Waals surface area contributed by atoms with Crippen molar-refractivity contribution in [3.63, 3.8) is 0 Å². The van der Waals surface area contributed by atoms with Gasteiger partial charge in [0.2, 0.25) is 0 Å². The lowest BCUT2D eigenvalue weighted by atomic mass is 10.3. The van der Waals surface area contributed by atoms with Crippen LogP contribution in [0.5, 0.6) is 0 Å². The summed E-state index contributed by atoms with van der Waals surface area (Å²) in [4.78, 5) is 4.00. The van der Waals surface area contributed by atoms with Crippen molar-refractivity contribution in [3.8, 4) is 0 Å². The van der Waals surface area contributed by atoms with Gasteiger partial charge in [0.05, 0.1) is 5.69 Å². The van der Waals surface area contributed by atoms with Crippen molar-refractivity contribution in [1.29, 1.82) is 0 Å². The first-order valence-corrected chi connectivity index (χ1v) is 8.57. The second kappa shape index (κ2) is 5.71. The summed E-state index contributed by atoms with van der Waals surface area (Å²) in [6.07, 6.45) is 1.52. The fourth-order valence-corrected chi connectivity index (χ4v) is 4.79. The van der Waals surface area contributed by atoms with E-state index in [0.717, 1.165) is 5.56 Å².